The monoisotopic (exact) mass is 649 g/mol. The highest BCUT2D eigenvalue weighted by atomic mass is 35.5. The third-order valence-electron chi connectivity index (χ3n) is 15.0. The van der Waals surface area contributed by atoms with Crippen LogP contribution in [0.5, 0.6) is 0 Å². The van der Waals surface area contributed by atoms with Crippen molar-refractivity contribution in [2.45, 2.75) is 217 Å². The zero-order chi connectivity index (χ0) is 30.9. The van der Waals surface area contributed by atoms with Crippen molar-refractivity contribution >= 4 is 23.2 Å². The first kappa shape index (κ1) is 35.9. The molecule has 256 valence electrons. The molecule has 5 fully saturated rings. The fourth-order valence-electron chi connectivity index (χ4n) is 12.0. The van der Waals surface area contributed by atoms with Gasteiger partial charge in [0.2, 0.25) is 0 Å². The quantitative estimate of drug-likeness (QED) is 0.115. The highest BCUT2D eigenvalue weighted by molar-refractivity contribution is 6.50. The molecule has 5 rings (SSSR count). The highest BCUT2D eigenvalue weighted by Crippen LogP contribution is 2.77. The first-order valence-electron chi connectivity index (χ1n) is 20.8. The van der Waals surface area contributed by atoms with Gasteiger partial charge >= 0.3 is 0 Å². The van der Waals surface area contributed by atoms with Crippen molar-refractivity contribution < 1.29 is 0 Å². The molecule has 0 nitrogen and oxygen atoms in total. The van der Waals surface area contributed by atoms with Crippen LogP contribution < -0.4 is 0 Å². The maximum Gasteiger partial charge on any atom is 0.129 e. The van der Waals surface area contributed by atoms with Gasteiger partial charge in [0.1, 0.15) is 4.33 Å². The molecule has 0 aromatic rings. The Labute approximate surface area is 285 Å². The molecule has 0 aromatic carbocycles. The van der Waals surface area contributed by atoms with Crippen molar-refractivity contribution in [1.29, 1.82) is 0 Å². The Bertz CT molecular complexity index is 785. The summed E-state index contributed by atoms with van der Waals surface area (Å²) in [7, 11) is 0. The van der Waals surface area contributed by atoms with Crippen molar-refractivity contribution in [3.63, 3.8) is 0 Å². The van der Waals surface area contributed by atoms with Gasteiger partial charge in [0.05, 0.1) is 0 Å². The molecule has 5 saturated carbocycles. The molecule has 0 heterocycles. The van der Waals surface area contributed by atoms with E-state index in [-0.39, 0.29) is 10.8 Å². The van der Waals surface area contributed by atoms with E-state index in [1.54, 1.807) is 0 Å². The van der Waals surface area contributed by atoms with Gasteiger partial charge in [0, 0.05) is 10.8 Å². The lowest BCUT2D eigenvalue weighted by atomic mass is 9.42. The van der Waals surface area contributed by atoms with Crippen molar-refractivity contribution in [1.82, 2.24) is 0 Å². The van der Waals surface area contributed by atoms with Crippen molar-refractivity contribution in [3.05, 3.63) is 0 Å². The highest BCUT2D eigenvalue weighted by Gasteiger charge is 2.72. The van der Waals surface area contributed by atoms with Crippen LogP contribution in [0.15, 0.2) is 0 Å². The molecule has 0 atom stereocenters. The summed E-state index contributed by atoms with van der Waals surface area (Å²) >= 11 is 15.0. The fraction of sp³-hybridized carbons (Fsp3) is 1.00. The maximum atomic E-state index is 7.52. The number of hydrogen-bond acceptors (Lipinski definition) is 0. The molecule has 0 unspecified atom stereocenters. The van der Waals surface area contributed by atoms with Gasteiger partial charge in [-0.25, -0.2) is 0 Å². The van der Waals surface area contributed by atoms with E-state index >= 15 is 0 Å². The van der Waals surface area contributed by atoms with Crippen LogP contribution in [0, 0.1) is 46.3 Å². The minimum Gasteiger partial charge on any atom is -0.100 e. The first-order valence-corrected chi connectivity index (χ1v) is 21.6. The summed E-state index contributed by atoms with van der Waals surface area (Å²) in [5.74, 6) is 5.99. The standard InChI is InChI=1S/C42H74Cl2/c1-3-5-7-9-10-11-12-14-16-35-19-23-37(24-20-35)39-27-31-41(32-28-39)33-40(42(41,43)44)29-25-38(26-30-40)36-21-17-34(18-22-36)15-13-8-6-4-2/h34-39H,3-33H2,1-2H3. The molecular weight excluding hydrogens is 575 g/mol. The van der Waals surface area contributed by atoms with Crippen LogP contribution in [0.3, 0.4) is 0 Å². The molecular formula is C42H74Cl2. The lowest BCUT2D eigenvalue weighted by Gasteiger charge is -2.69. The van der Waals surface area contributed by atoms with Crippen LogP contribution in [0.25, 0.3) is 0 Å². The lowest BCUT2D eigenvalue weighted by molar-refractivity contribution is -0.122. The van der Waals surface area contributed by atoms with Crippen LogP contribution in [-0.2, 0) is 0 Å². The second-order valence-corrected chi connectivity index (χ2v) is 19.0. The second kappa shape index (κ2) is 17.3. The Morgan fingerprint density at radius 3 is 1.09 bits per heavy atom. The summed E-state index contributed by atoms with van der Waals surface area (Å²) in [6, 6.07) is 0. The summed E-state index contributed by atoms with van der Waals surface area (Å²) < 4.78 is -0.459. The molecule has 2 spiro atoms. The van der Waals surface area contributed by atoms with Gasteiger partial charge in [-0.15, -0.1) is 23.2 Å². The van der Waals surface area contributed by atoms with Gasteiger partial charge in [-0.2, -0.15) is 0 Å². The first-order chi connectivity index (χ1) is 21.4. The minimum atomic E-state index is -0.459. The molecule has 5 aliphatic carbocycles. The summed E-state index contributed by atoms with van der Waals surface area (Å²) in [5.41, 5.74) is 0.479. The predicted octanol–water partition coefficient (Wildman–Crippen LogP) is 15.0. The van der Waals surface area contributed by atoms with E-state index in [4.69, 9.17) is 23.2 Å². The van der Waals surface area contributed by atoms with Gasteiger partial charge < -0.3 is 0 Å². The van der Waals surface area contributed by atoms with Crippen molar-refractivity contribution in [2.24, 2.45) is 46.3 Å². The minimum absolute atomic E-state index is 0.239. The van der Waals surface area contributed by atoms with Gasteiger partial charge in [0.25, 0.3) is 0 Å². The fourth-order valence-corrected chi connectivity index (χ4v) is 13.0. The molecule has 44 heavy (non-hydrogen) atoms. The Hall–Kier alpha value is 0.580. The van der Waals surface area contributed by atoms with Crippen molar-refractivity contribution in [2.75, 3.05) is 0 Å². The summed E-state index contributed by atoms with van der Waals surface area (Å²) in [6.45, 7) is 4.65. The van der Waals surface area contributed by atoms with Crippen molar-refractivity contribution in [3.8, 4) is 0 Å². The molecule has 0 bridgehead atoms. The average molecular weight is 650 g/mol. The number of halogens is 2. The SMILES string of the molecule is CCCCCCCCCCC1CCC(C2CCC3(CC2)CC2(CCC(C4CCC(CCCCCC)CC4)CC2)C3(Cl)Cl)CC1. The van der Waals surface area contributed by atoms with E-state index in [2.05, 4.69) is 13.8 Å². The van der Waals surface area contributed by atoms with Gasteiger partial charge in [-0.1, -0.05) is 129 Å². The van der Waals surface area contributed by atoms with Gasteiger partial charge in [-0.05, 0) is 119 Å². The van der Waals surface area contributed by atoms with Gasteiger partial charge in [0.15, 0.2) is 0 Å². The van der Waals surface area contributed by atoms with Crippen LogP contribution in [-0.4, -0.2) is 4.33 Å². The number of unbranched alkanes of at least 4 members (excludes halogenated alkanes) is 10. The van der Waals surface area contributed by atoms with Crippen LogP contribution >= 0.6 is 23.2 Å². The number of rotatable bonds is 16. The molecule has 0 aliphatic heterocycles. The van der Waals surface area contributed by atoms with E-state index in [0.29, 0.717) is 0 Å². The molecule has 5 aliphatic rings. The zero-order valence-electron chi connectivity index (χ0n) is 29.6. The van der Waals surface area contributed by atoms with Gasteiger partial charge in [-0.3, -0.25) is 0 Å². The zero-order valence-corrected chi connectivity index (χ0v) is 31.2. The van der Waals surface area contributed by atoms with Crippen LogP contribution in [0.1, 0.15) is 213 Å². The Kier molecular flexibility index (Phi) is 14.1. The third-order valence-corrected chi connectivity index (χ3v) is 16.6. The molecule has 0 aromatic heterocycles. The largest absolute Gasteiger partial charge is 0.129 e. The van der Waals surface area contributed by atoms with Crippen LogP contribution in [0.4, 0.5) is 0 Å². The Balaban J connectivity index is 0.962. The number of hydrogen-bond donors (Lipinski definition) is 0. The smallest absolute Gasteiger partial charge is 0.100 e. The molecule has 2 heteroatoms. The molecule has 0 N–H and O–H groups in total. The molecule has 0 saturated heterocycles. The summed E-state index contributed by atoms with van der Waals surface area (Å²) in [6.07, 6.45) is 44.8. The van der Waals surface area contributed by atoms with E-state index in [0.717, 1.165) is 35.5 Å². The van der Waals surface area contributed by atoms with Crippen LogP contribution in [0.2, 0.25) is 0 Å². The second-order valence-electron chi connectivity index (χ2n) is 17.7. The average Bonchev–Trinajstić information content (AvgIpc) is 3.06. The third kappa shape index (κ3) is 8.59. The number of alkyl halides is 2. The Morgan fingerprint density at radius 1 is 0.409 bits per heavy atom. The normalized spacial score (nSPS) is 39.0. The molecule has 0 amide bonds. The van der Waals surface area contributed by atoms with E-state index < -0.39 is 4.33 Å². The van der Waals surface area contributed by atoms with E-state index in [1.807, 2.05) is 0 Å². The summed E-state index contributed by atoms with van der Waals surface area (Å²) in [5, 5.41) is 0. The predicted molar refractivity (Wildman–Crippen MR) is 195 cm³/mol. The Morgan fingerprint density at radius 2 is 0.727 bits per heavy atom. The lowest BCUT2D eigenvalue weighted by Crippen LogP contribution is -2.66. The topological polar surface area (TPSA) is 0 Å². The molecule has 0 radical (unpaired) electrons. The van der Waals surface area contributed by atoms with E-state index in [9.17, 15) is 0 Å². The maximum absolute atomic E-state index is 7.52. The van der Waals surface area contributed by atoms with E-state index in [1.165, 1.54) is 199 Å². The summed E-state index contributed by atoms with van der Waals surface area (Å²) in [4.78, 5) is 0.